The average molecular weight is 402 g/mol. The third-order valence-electron chi connectivity index (χ3n) is 5.51. The van der Waals surface area contributed by atoms with Crippen molar-refractivity contribution >= 4 is 16.7 Å². The Hall–Kier alpha value is -2.90. The second-order valence-electron chi connectivity index (χ2n) is 7.43. The van der Waals surface area contributed by atoms with Crippen LogP contribution >= 0.6 is 0 Å². The zero-order valence-electron chi connectivity index (χ0n) is 16.0. The molecule has 0 aliphatic carbocycles. The summed E-state index contributed by atoms with van der Waals surface area (Å²) in [5, 5.41) is 0.615. The molecule has 1 fully saturated rings. The van der Waals surface area contributed by atoms with Gasteiger partial charge in [-0.2, -0.15) is 13.2 Å². The minimum atomic E-state index is -4.38. The number of alkyl halides is 3. The number of hydrogen-bond donors (Lipinski definition) is 0. The Morgan fingerprint density at radius 3 is 2.48 bits per heavy atom. The second kappa shape index (κ2) is 7.50. The van der Waals surface area contributed by atoms with E-state index < -0.39 is 11.7 Å². The summed E-state index contributed by atoms with van der Waals surface area (Å²) in [5.74, 6) is 1.55. The molecule has 3 heterocycles. The molecule has 0 unspecified atom stereocenters. The molecule has 8 heteroatoms. The molecule has 152 valence electrons. The van der Waals surface area contributed by atoms with E-state index in [-0.39, 0.29) is 5.56 Å². The Kier molecular flexibility index (Phi) is 5.02. The zero-order valence-corrected chi connectivity index (χ0v) is 16.0. The zero-order chi connectivity index (χ0) is 20.6. The van der Waals surface area contributed by atoms with Gasteiger partial charge in [-0.15, -0.1) is 0 Å². The molecule has 0 N–H and O–H groups in total. The molecule has 1 aromatic carbocycles. The lowest BCUT2D eigenvalue weighted by Crippen LogP contribution is -2.37. The van der Waals surface area contributed by atoms with Gasteiger partial charge in [0.05, 0.1) is 16.5 Å². The Morgan fingerprint density at radius 1 is 1.10 bits per heavy atom. The van der Waals surface area contributed by atoms with Crippen LogP contribution in [0.15, 0.2) is 47.4 Å². The Labute approximate surface area is 165 Å². The van der Waals surface area contributed by atoms with Crippen LogP contribution in [0.25, 0.3) is 10.9 Å². The molecule has 2 aromatic heterocycles. The molecule has 4 rings (SSSR count). The van der Waals surface area contributed by atoms with Crippen LogP contribution in [0.5, 0.6) is 0 Å². The quantitative estimate of drug-likeness (QED) is 0.664. The highest BCUT2D eigenvalue weighted by molar-refractivity contribution is 5.77. The lowest BCUT2D eigenvalue weighted by molar-refractivity contribution is -0.137. The lowest BCUT2D eigenvalue weighted by Gasteiger charge is -2.33. The summed E-state index contributed by atoms with van der Waals surface area (Å²) >= 11 is 0. The summed E-state index contributed by atoms with van der Waals surface area (Å²) in [7, 11) is 0. The fraction of sp³-hybridized carbons (Fsp3) is 0.381. The minimum absolute atomic E-state index is 0.0278. The summed E-state index contributed by atoms with van der Waals surface area (Å²) in [6, 6.07) is 9.82. The first-order valence-corrected chi connectivity index (χ1v) is 9.57. The molecule has 5 nitrogen and oxygen atoms in total. The number of pyridine rings is 1. The van der Waals surface area contributed by atoms with Crippen LogP contribution in [0, 0.1) is 12.8 Å². The van der Waals surface area contributed by atoms with Crippen molar-refractivity contribution < 1.29 is 13.2 Å². The number of aromatic nitrogens is 3. The van der Waals surface area contributed by atoms with E-state index in [9.17, 15) is 18.0 Å². The van der Waals surface area contributed by atoms with E-state index in [1.54, 1.807) is 10.6 Å². The molecule has 0 amide bonds. The third-order valence-corrected chi connectivity index (χ3v) is 5.51. The fourth-order valence-electron chi connectivity index (χ4n) is 3.84. The Balaban J connectivity index is 1.44. The van der Waals surface area contributed by atoms with Gasteiger partial charge in [0.2, 0.25) is 0 Å². The van der Waals surface area contributed by atoms with Crippen molar-refractivity contribution in [2.24, 2.45) is 5.92 Å². The van der Waals surface area contributed by atoms with Crippen molar-refractivity contribution in [1.29, 1.82) is 0 Å². The summed E-state index contributed by atoms with van der Waals surface area (Å²) in [6.07, 6.45) is -1.83. The highest BCUT2D eigenvalue weighted by Gasteiger charge is 2.31. The standard InChI is InChI=1S/C21H21F3N4O/c1-14-26-18-5-3-2-4-17(18)20(29)28(14)13-15-8-10-27(11-9-15)19-7-6-16(12-25-19)21(22,23)24/h2-7,12,15H,8-11,13H2,1H3. The first-order valence-electron chi connectivity index (χ1n) is 9.57. The van der Waals surface area contributed by atoms with Crippen LogP contribution in [-0.2, 0) is 12.7 Å². The van der Waals surface area contributed by atoms with Crippen molar-refractivity contribution in [2.45, 2.75) is 32.5 Å². The van der Waals surface area contributed by atoms with E-state index in [4.69, 9.17) is 0 Å². The normalized spacial score (nSPS) is 15.8. The number of fused-ring (bicyclic) bond motifs is 1. The topological polar surface area (TPSA) is 51.0 Å². The van der Waals surface area contributed by atoms with E-state index in [2.05, 4.69) is 9.97 Å². The first kappa shape index (κ1) is 19.4. The molecule has 0 saturated carbocycles. The molecular formula is C21H21F3N4O. The maximum absolute atomic E-state index is 12.8. The smallest absolute Gasteiger partial charge is 0.357 e. The number of anilines is 1. The fourth-order valence-corrected chi connectivity index (χ4v) is 3.84. The van der Waals surface area contributed by atoms with Gasteiger partial charge in [0.25, 0.3) is 5.56 Å². The maximum atomic E-state index is 12.8. The van der Waals surface area contributed by atoms with E-state index in [1.165, 1.54) is 6.07 Å². The molecule has 0 spiro atoms. The van der Waals surface area contributed by atoms with E-state index >= 15 is 0 Å². The largest absolute Gasteiger partial charge is 0.417 e. The highest BCUT2D eigenvalue weighted by Crippen LogP contribution is 2.30. The number of halogens is 3. The number of benzene rings is 1. The summed E-state index contributed by atoms with van der Waals surface area (Å²) in [4.78, 5) is 23.3. The molecule has 1 saturated heterocycles. The van der Waals surface area contributed by atoms with Crippen molar-refractivity contribution in [2.75, 3.05) is 18.0 Å². The van der Waals surface area contributed by atoms with E-state index in [0.717, 1.165) is 25.1 Å². The molecular weight excluding hydrogens is 381 g/mol. The Morgan fingerprint density at radius 2 is 1.83 bits per heavy atom. The van der Waals surface area contributed by atoms with Crippen LogP contribution in [0.4, 0.5) is 19.0 Å². The first-order chi connectivity index (χ1) is 13.8. The second-order valence-corrected chi connectivity index (χ2v) is 7.43. The monoisotopic (exact) mass is 402 g/mol. The summed E-state index contributed by atoms with van der Waals surface area (Å²) in [5.41, 5.74) is -0.0656. The van der Waals surface area contributed by atoms with Crippen LogP contribution in [0.1, 0.15) is 24.2 Å². The SMILES string of the molecule is Cc1nc2ccccc2c(=O)n1CC1CCN(c2ccc(C(F)(F)F)cn2)CC1. The molecule has 0 atom stereocenters. The van der Waals surface area contributed by atoms with E-state index in [0.29, 0.717) is 48.1 Å². The van der Waals surface area contributed by atoms with Crippen LogP contribution in [-0.4, -0.2) is 27.6 Å². The number of nitrogens with zero attached hydrogens (tertiary/aromatic N) is 4. The van der Waals surface area contributed by atoms with Gasteiger partial charge in [0, 0.05) is 25.8 Å². The predicted molar refractivity (Wildman–Crippen MR) is 105 cm³/mol. The highest BCUT2D eigenvalue weighted by atomic mass is 19.4. The summed E-state index contributed by atoms with van der Waals surface area (Å²) < 4.78 is 39.8. The molecule has 0 bridgehead atoms. The predicted octanol–water partition coefficient (Wildman–Crippen LogP) is 4.04. The summed E-state index contributed by atoms with van der Waals surface area (Å²) in [6.45, 7) is 3.82. The van der Waals surface area contributed by atoms with Crippen molar-refractivity contribution in [3.63, 3.8) is 0 Å². The molecule has 1 aliphatic rings. The number of para-hydroxylation sites is 1. The van der Waals surface area contributed by atoms with Gasteiger partial charge in [-0.05, 0) is 49.9 Å². The van der Waals surface area contributed by atoms with E-state index in [1.807, 2.05) is 30.0 Å². The van der Waals surface area contributed by atoms with Crippen LogP contribution in [0.2, 0.25) is 0 Å². The van der Waals surface area contributed by atoms with Gasteiger partial charge in [-0.25, -0.2) is 9.97 Å². The maximum Gasteiger partial charge on any atom is 0.417 e. The number of hydrogen-bond acceptors (Lipinski definition) is 4. The van der Waals surface area contributed by atoms with Gasteiger partial charge in [-0.1, -0.05) is 12.1 Å². The third kappa shape index (κ3) is 3.97. The lowest BCUT2D eigenvalue weighted by atomic mass is 9.96. The van der Waals surface area contributed by atoms with Crippen LogP contribution < -0.4 is 10.5 Å². The van der Waals surface area contributed by atoms with Crippen molar-refractivity contribution in [1.82, 2.24) is 14.5 Å². The number of aryl methyl sites for hydroxylation is 1. The number of rotatable bonds is 3. The minimum Gasteiger partial charge on any atom is -0.357 e. The van der Waals surface area contributed by atoms with Crippen molar-refractivity contribution in [3.05, 3.63) is 64.3 Å². The van der Waals surface area contributed by atoms with Crippen molar-refractivity contribution in [3.8, 4) is 0 Å². The molecule has 3 aromatic rings. The van der Waals surface area contributed by atoms with Gasteiger partial charge in [0.15, 0.2) is 0 Å². The molecule has 1 aliphatic heterocycles. The number of piperidine rings is 1. The van der Waals surface area contributed by atoms with Gasteiger partial charge < -0.3 is 4.90 Å². The van der Waals surface area contributed by atoms with Gasteiger partial charge in [-0.3, -0.25) is 9.36 Å². The van der Waals surface area contributed by atoms with Crippen LogP contribution in [0.3, 0.4) is 0 Å². The Bertz CT molecular complexity index is 1070. The molecule has 29 heavy (non-hydrogen) atoms. The average Bonchev–Trinajstić information content (AvgIpc) is 2.71. The van der Waals surface area contributed by atoms with Gasteiger partial charge in [0.1, 0.15) is 11.6 Å². The van der Waals surface area contributed by atoms with Gasteiger partial charge >= 0.3 is 6.18 Å². The molecule has 0 radical (unpaired) electrons.